The minimum absolute atomic E-state index is 0.253. The van der Waals surface area contributed by atoms with Gasteiger partial charge in [0.25, 0.3) is 0 Å². The lowest BCUT2D eigenvalue weighted by Gasteiger charge is -2.11. The fourth-order valence-corrected chi connectivity index (χ4v) is 2.26. The van der Waals surface area contributed by atoms with E-state index in [9.17, 15) is 4.79 Å². The van der Waals surface area contributed by atoms with Crippen molar-refractivity contribution in [2.75, 3.05) is 6.79 Å². The number of ether oxygens (including phenoxy) is 3. The lowest BCUT2D eigenvalue weighted by atomic mass is 10.1. The highest BCUT2D eigenvalue weighted by molar-refractivity contribution is 5.79. The van der Waals surface area contributed by atoms with Crippen LogP contribution in [0, 0.1) is 0 Å². The molecule has 6 heteroatoms. The van der Waals surface area contributed by atoms with Crippen molar-refractivity contribution in [3.63, 3.8) is 0 Å². The van der Waals surface area contributed by atoms with Gasteiger partial charge >= 0.3 is 0 Å². The first kappa shape index (κ1) is 16.1. The van der Waals surface area contributed by atoms with Crippen LogP contribution in [-0.2, 0) is 17.9 Å². The summed E-state index contributed by atoms with van der Waals surface area (Å²) in [6.45, 7) is 3.05. The molecular weight excluding hydrogens is 308 g/mol. The van der Waals surface area contributed by atoms with Crippen LogP contribution in [0.1, 0.15) is 18.1 Å². The summed E-state index contributed by atoms with van der Waals surface area (Å²) in [5.41, 5.74) is 7.35. The molecule has 24 heavy (non-hydrogen) atoms. The van der Waals surface area contributed by atoms with Gasteiger partial charge in [-0.2, -0.15) is 0 Å². The molecule has 126 valence electrons. The van der Waals surface area contributed by atoms with Crippen LogP contribution in [0.3, 0.4) is 0 Å². The van der Waals surface area contributed by atoms with E-state index in [1.54, 1.807) is 6.92 Å². The zero-order chi connectivity index (χ0) is 16.9. The number of fused-ring (bicyclic) bond motifs is 1. The van der Waals surface area contributed by atoms with Gasteiger partial charge < -0.3 is 25.3 Å². The highest BCUT2D eigenvalue weighted by Crippen LogP contribution is 2.35. The third-order valence-electron chi connectivity index (χ3n) is 3.81. The first-order chi connectivity index (χ1) is 11.6. The van der Waals surface area contributed by atoms with Crippen molar-refractivity contribution in [2.24, 2.45) is 5.73 Å². The molecule has 0 saturated carbocycles. The van der Waals surface area contributed by atoms with Gasteiger partial charge in [0.2, 0.25) is 12.7 Å². The van der Waals surface area contributed by atoms with Gasteiger partial charge in [-0.1, -0.05) is 24.3 Å². The molecule has 0 radical (unpaired) electrons. The van der Waals surface area contributed by atoms with E-state index in [0.29, 0.717) is 18.9 Å². The van der Waals surface area contributed by atoms with Crippen molar-refractivity contribution < 1.29 is 19.0 Å². The van der Waals surface area contributed by atoms with Crippen LogP contribution in [0.15, 0.2) is 42.5 Å². The SMILES string of the molecule is C[C@H](NCc1ccc(COc2ccc3c(c2)OCO3)cc1)C(N)=O. The number of primary amides is 1. The summed E-state index contributed by atoms with van der Waals surface area (Å²) < 4.78 is 16.4. The number of nitrogens with one attached hydrogen (secondary N) is 1. The molecule has 0 aromatic heterocycles. The number of hydrogen-bond donors (Lipinski definition) is 2. The van der Waals surface area contributed by atoms with E-state index in [2.05, 4.69) is 5.32 Å². The van der Waals surface area contributed by atoms with Gasteiger partial charge in [0, 0.05) is 12.6 Å². The highest BCUT2D eigenvalue weighted by Gasteiger charge is 2.13. The molecule has 0 aliphatic carbocycles. The third-order valence-corrected chi connectivity index (χ3v) is 3.81. The second kappa shape index (κ2) is 7.23. The molecule has 1 aliphatic rings. The van der Waals surface area contributed by atoms with Gasteiger partial charge in [-0.15, -0.1) is 0 Å². The Balaban J connectivity index is 1.52. The maximum absolute atomic E-state index is 11.0. The summed E-state index contributed by atoms with van der Waals surface area (Å²) in [7, 11) is 0. The number of rotatable bonds is 7. The van der Waals surface area contributed by atoms with E-state index >= 15 is 0 Å². The Labute approximate surface area is 140 Å². The number of nitrogens with two attached hydrogens (primary N) is 1. The number of hydrogen-bond acceptors (Lipinski definition) is 5. The zero-order valence-electron chi connectivity index (χ0n) is 13.5. The van der Waals surface area contributed by atoms with Gasteiger partial charge in [-0.05, 0) is 30.2 Å². The predicted molar refractivity (Wildman–Crippen MR) is 88.8 cm³/mol. The standard InChI is InChI=1S/C18H20N2O4/c1-12(18(19)21)20-9-13-2-4-14(5-3-13)10-22-15-6-7-16-17(8-15)24-11-23-16/h2-8,12,20H,9-11H2,1H3,(H2,19,21)/t12-/m0/s1. The van der Waals surface area contributed by atoms with Crippen LogP contribution >= 0.6 is 0 Å². The normalized spacial score (nSPS) is 13.5. The van der Waals surface area contributed by atoms with Crippen molar-refractivity contribution in [2.45, 2.75) is 26.1 Å². The molecule has 1 amide bonds. The lowest BCUT2D eigenvalue weighted by Crippen LogP contribution is -2.38. The van der Waals surface area contributed by atoms with E-state index < -0.39 is 0 Å². The number of benzene rings is 2. The topological polar surface area (TPSA) is 82.8 Å². The van der Waals surface area contributed by atoms with Gasteiger partial charge in [0.1, 0.15) is 12.4 Å². The molecule has 2 aromatic carbocycles. The fraction of sp³-hybridized carbons (Fsp3) is 0.278. The molecule has 0 saturated heterocycles. The smallest absolute Gasteiger partial charge is 0.234 e. The van der Waals surface area contributed by atoms with Crippen LogP contribution in [0.2, 0.25) is 0 Å². The number of carbonyl (C=O) groups excluding carboxylic acids is 1. The van der Waals surface area contributed by atoms with Crippen molar-refractivity contribution in [1.29, 1.82) is 0 Å². The highest BCUT2D eigenvalue weighted by atomic mass is 16.7. The molecule has 2 aromatic rings. The molecule has 1 aliphatic heterocycles. The van der Waals surface area contributed by atoms with Gasteiger partial charge in [0.05, 0.1) is 6.04 Å². The molecule has 1 atom stereocenters. The Hall–Kier alpha value is -2.73. The van der Waals surface area contributed by atoms with E-state index in [4.69, 9.17) is 19.9 Å². The quantitative estimate of drug-likeness (QED) is 0.812. The minimum atomic E-state index is -0.358. The summed E-state index contributed by atoms with van der Waals surface area (Å²) in [5.74, 6) is 1.82. The first-order valence-corrected chi connectivity index (χ1v) is 7.75. The second-order valence-electron chi connectivity index (χ2n) is 5.63. The van der Waals surface area contributed by atoms with Gasteiger partial charge in [-0.25, -0.2) is 0 Å². The van der Waals surface area contributed by atoms with Crippen molar-refractivity contribution in [3.05, 3.63) is 53.6 Å². The average Bonchev–Trinajstić information content (AvgIpc) is 3.06. The fourth-order valence-electron chi connectivity index (χ4n) is 2.26. The lowest BCUT2D eigenvalue weighted by molar-refractivity contribution is -0.119. The second-order valence-corrected chi connectivity index (χ2v) is 5.63. The monoisotopic (exact) mass is 328 g/mol. The largest absolute Gasteiger partial charge is 0.489 e. The molecule has 0 fully saturated rings. The zero-order valence-corrected chi connectivity index (χ0v) is 13.5. The number of carbonyl (C=O) groups is 1. The summed E-state index contributed by atoms with van der Waals surface area (Å²) in [4.78, 5) is 11.0. The average molecular weight is 328 g/mol. The molecule has 0 bridgehead atoms. The van der Waals surface area contributed by atoms with E-state index in [-0.39, 0.29) is 18.7 Å². The molecule has 3 rings (SSSR count). The molecule has 1 heterocycles. The van der Waals surface area contributed by atoms with E-state index in [1.165, 1.54) is 0 Å². The summed E-state index contributed by atoms with van der Waals surface area (Å²) >= 11 is 0. The Kier molecular flexibility index (Phi) is 4.86. The van der Waals surface area contributed by atoms with Crippen LogP contribution in [0.4, 0.5) is 0 Å². The minimum Gasteiger partial charge on any atom is -0.489 e. The maximum atomic E-state index is 11.0. The molecular formula is C18H20N2O4. The van der Waals surface area contributed by atoms with E-state index in [1.807, 2.05) is 42.5 Å². The van der Waals surface area contributed by atoms with Gasteiger partial charge in [0.15, 0.2) is 11.5 Å². The summed E-state index contributed by atoms with van der Waals surface area (Å²) in [6, 6.07) is 13.2. The summed E-state index contributed by atoms with van der Waals surface area (Å²) in [6.07, 6.45) is 0. The third kappa shape index (κ3) is 3.97. The molecule has 6 nitrogen and oxygen atoms in total. The van der Waals surface area contributed by atoms with E-state index in [0.717, 1.165) is 22.6 Å². The maximum Gasteiger partial charge on any atom is 0.234 e. The number of amides is 1. The molecule has 0 unspecified atom stereocenters. The van der Waals surface area contributed by atoms with Crippen LogP contribution in [0.5, 0.6) is 17.2 Å². The Morgan fingerprint density at radius 2 is 1.88 bits per heavy atom. The van der Waals surface area contributed by atoms with Crippen LogP contribution in [-0.4, -0.2) is 18.7 Å². The Morgan fingerprint density at radius 1 is 1.17 bits per heavy atom. The van der Waals surface area contributed by atoms with Crippen molar-refractivity contribution in [1.82, 2.24) is 5.32 Å². The first-order valence-electron chi connectivity index (χ1n) is 7.75. The van der Waals surface area contributed by atoms with Crippen LogP contribution in [0.25, 0.3) is 0 Å². The van der Waals surface area contributed by atoms with Crippen molar-refractivity contribution >= 4 is 5.91 Å². The van der Waals surface area contributed by atoms with Crippen LogP contribution < -0.4 is 25.3 Å². The van der Waals surface area contributed by atoms with Crippen molar-refractivity contribution in [3.8, 4) is 17.2 Å². The van der Waals surface area contributed by atoms with Gasteiger partial charge in [-0.3, -0.25) is 4.79 Å². The predicted octanol–water partition coefficient (Wildman–Crippen LogP) is 1.96. The summed E-state index contributed by atoms with van der Waals surface area (Å²) in [5, 5.41) is 3.07. The molecule has 3 N–H and O–H groups in total. The Bertz CT molecular complexity index is 715. The molecule has 0 spiro atoms. The Morgan fingerprint density at radius 3 is 2.62 bits per heavy atom.